The molecule has 4 aliphatic carbocycles. The standard InChI is InChI=1S/C41H64O20S2.2Na/c1-19-30(61-63(51,52)53)28(44)29(45)32(55-19)57-31-27(43)22(60-62(48,49)50)18-54-33(31)56-25-12-14-37(6)21-17-24(42)41-34(46)59-39(8,26-11-13-35(2,3)58-26)40(41,47)16-15-38(41,7)20(21)9-10-23(37)36(25,4)5;;/h17,19-20,22-33,42-45,47H,9-16,18H2,1-8H3,(H,48,49,50)(H,51,52,53);;/q;2*+1/p-2/t19-,20-,22-,23+,24+,25+,26-,27+,28-,29-,30-,31-,32+,33+,37-,38+,39+,40+,41-;;/m1../s1. The quantitative estimate of drug-likeness (QED) is 0.0360. The molecule has 4 heterocycles. The van der Waals surface area contributed by atoms with E-state index in [1.54, 1.807) is 13.0 Å². The predicted octanol–water partition coefficient (Wildman–Crippen LogP) is -5.42. The van der Waals surface area contributed by atoms with Crippen LogP contribution in [0, 0.1) is 33.5 Å². The largest absolute Gasteiger partial charge is 1.00 e. The van der Waals surface area contributed by atoms with Crippen molar-refractivity contribution in [3.63, 3.8) is 0 Å². The third kappa shape index (κ3) is 8.48. The van der Waals surface area contributed by atoms with Crippen molar-refractivity contribution in [3.05, 3.63) is 11.6 Å². The molecule has 0 amide bonds. The number of allylic oxidation sites excluding steroid dienone is 1. The third-order valence-corrected chi connectivity index (χ3v) is 18.0. The van der Waals surface area contributed by atoms with E-state index < -0.39 is 145 Å². The summed E-state index contributed by atoms with van der Waals surface area (Å²) in [6.07, 6.45) is -12.8. The number of fused-ring (bicyclic) bond motifs is 4. The Labute approximate surface area is 424 Å². The molecule has 4 aliphatic heterocycles. The first-order valence-corrected chi connectivity index (χ1v) is 24.5. The van der Waals surface area contributed by atoms with Gasteiger partial charge in [0.2, 0.25) is 20.8 Å². The third-order valence-electron chi connectivity index (χ3n) is 17.1. The monoisotopic (exact) mass is 984 g/mol. The van der Waals surface area contributed by atoms with Crippen LogP contribution in [0.2, 0.25) is 0 Å². The van der Waals surface area contributed by atoms with Gasteiger partial charge in [-0.05, 0) is 107 Å². The molecule has 4 saturated heterocycles. The molecule has 0 bridgehead atoms. The fourth-order valence-electron chi connectivity index (χ4n) is 14.0. The Hall–Kier alpha value is 0.550. The molecule has 0 aromatic rings. The van der Waals surface area contributed by atoms with Gasteiger partial charge in [-0.25, -0.2) is 16.8 Å². The first kappa shape index (κ1) is 54.9. The van der Waals surface area contributed by atoms with Crippen LogP contribution in [0.15, 0.2) is 11.6 Å². The summed E-state index contributed by atoms with van der Waals surface area (Å²) < 4.78 is 114. The molecule has 0 aromatic heterocycles. The molecule has 0 radical (unpaired) electrons. The molecule has 0 aromatic carbocycles. The van der Waals surface area contributed by atoms with E-state index in [0.717, 1.165) is 12.0 Å². The Morgan fingerprint density at radius 3 is 2.02 bits per heavy atom. The second-order valence-electron chi connectivity index (χ2n) is 21.1. The maximum Gasteiger partial charge on any atom is 1.00 e. The number of aliphatic hydroxyl groups excluding tert-OH is 4. The fourth-order valence-corrected chi connectivity index (χ4v) is 15.0. The number of ether oxygens (including phenoxy) is 6. The molecule has 8 rings (SSSR count). The van der Waals surface area contributed by atoms with Crippen LogP contribution in [0.4, 0.5) is 0 Å². The molecule has 1 spiro atoms. The number of carbonyl (C=O) groups is 1. The zero-order valence-corrected chi connectivity index (χ0v) is 44.3. The van der Waals surface area contributed by atoms with E-state index in [2.05, 4.69) is 15.3 Å². The van der Waals surface area contributed by atoms with Crippen LogP contribution in [0.3, 0.4) is 0 Å². The summed E-state index contributed by atoms with van der Waals surface area (Å²) in [7, 11) is -10.7. The summed E-state index contributed by atoms with van der Waals surface area (Å²) in [4.78, 5) is 14.5. The van der Waals surface area contributed by atoms with Crippen molar-refractivity contribution in [1.29, 1.82) is 0 Å². The van der Waals surface area contributed by atoms with Crippen LogP contribution in [0.1, 0.15) is 107 Å². The molecule has 24 heteroatoms. The molecule has 7 fully saturated rings. The Morgan fingerprint density at radius 1 is 0.769 bits per heavy atom. The summed E-state index contributed by atoms with van der Waals surface area (Å²) >= 11 is 0. The number of aliphatic hydroxyl groups is 5. The first-order chi connectivity index (χ1) is 28.9. The van der Waals surface area contributed by atoms with Gasteiger partial charge in [0.1, 0.15) is 53.7 Å². The van der Waals surface area contributed by atoms with Crippen molar-refractivity contribution in [2.45, 2.75) is 197 Å². The zero-order valence-electron chi connectivity index (χ0n) is 38.7. The average molecular weight is 985 g/mol. The van der Waals surface area contributed by atoms with E-state index in [1.165, 1.54) is 6.92 Å². The van der Waals surface area contributed by atoms with Gasteiger partial charge < -0.3 is 63.1 Å². The van der Waals surface area contributed by atoms with Gasteiger partial charge in [0.25, 0.3) is 0 Å². The van der Waals surface area contributed by atoms with Gasteiger partial charge in [-0.3, -0.25) is 13.2 Å². The van der Waals surface area contributed by atoms with Crippen molar-refractivity contribution >= 4 is 26.8 Å². The van der Waals surface area contributed by atoms with Crippen LogP contribution >= 0.6 is 0 Å². The zero-order chi connectivity index (χ0) is 46.5. The second-order valence-corrected chi connectivity index (χ2v) is 23.2. The molecule has 20 nitrogen and oxygen atoms in total. The number of hydrogen-bond acceptors (Lipinski definition) is 20. The molecule has 65 heavy (non-hydrogen) atoms. The van der Waals surface area contributed by atoms with E-state index in [-0.39, 0.29) is 77.4 Å². The number of carbonyl (C=O) groups excluding carboxylic acids is 1. The summed E-state index contributed by atoms with van der Waals surface area (Å²) in [6.45, 7) is 14.5. The van der Waals surface area contributed by atoms with Crippen molar-refractivity contribution in [2.24, 2.45) is 33.5 Å². The van der Waals surface area contributed by atoms with E-state index >= 15 is 0 Å². The maximum atomic E-state index is 14.5. The van der Waals surface area contributed by atoms with E-state index in [4.69, 9.17) is 28.4 Å². The molecule has 8 aliphatic rings. The summed E-state index contributed by atoms with van der Waals surface area (Å²) in [5.74, 6) is -0.906. The Bertz CT molecular complexity index is 2090. The van der Waals surface area contributed by atoms with E-state index in [1.807, 2.05) is 34.6 Å². The molecule has 5 N–H and O–H groups in total. The second kappa shape index (κ2) is 17.9. The fraction of sp³-hybridized carbons (Fsp3) is 0.927. The summed E-state index contributed by atoms with van der Waals surface area (Å²) in [5, 5.41) is 58.5. The minimum atomic E-state index is -5.38. The number of hydrogen-bond donors (Lipinski definition) is 5. The molecule has 0 unspecified atom stereocenters. The molecule has 360 valence electrons. The summed E-state index contributed by atoms with van der Waals surface area (Å²) in [6, 6.07) is 0. The van der Waals surface area contributed by atoms with Crippen molar-refractivity contribution in [1.82, 2.24) is 0 Å². The van der Waals surface area contributed by atoms with Crippen molar-refractivity contribution in [2.75, 3.05) is 6.61 Å². The molecule has 3 saturated carbocycles. The van der Waals surface area contributed by atoms with Gasteiger partial charge in [0, 0.05) is 0 Å². The van der Waals surface area contributed by atoms with E-state index in [9.17, 15) is 56.3 Å². The van der Waals surface area contributed by atoms with Crippen LogP contribution in [0.5, 0.6) is 0 Å². The smallest absolute Gasteiger partial charge is 0.726 e. The van der Waals surface area contributed by atoms with Gasteiger partial charge in [-0.15, -0.1) is 0 Å². The van der Waals surface area contributed by atoms with E-state index in [0.29, 0.717) is 38.5 Å². The van der Waals surface area contributed by atoms with Gasteiger partial charge in [0.05, 0.1) is 30.5 Å². The summed E-state index contributed by atoms with van der Waals surface area (Å²) in [5.41, 5.74) is -6.29. The van der Waals surface area contributed by atoms with Gasteiger partial charge in [-0.2, -0.15) is 0 Å². The van der Waals surface area contributed by atoms with Crippen LogP contribution in [-0.2, 0) is 62.4 Å². The topological polar surface area (TPSA) is 306 Å². The molecular weight excluding hydrogens is 923 g/mol. The first-order valence-electron chi connectivity index (χ1n) is 21.8. The van der Waals surface area contributed by atoms with Gasteiger partial charge in [-0.1, -0.05) is 39.3 Å². The Morgan fingerprint density at radius 2 is 1.42 bits per heavy atom. The Kier molecular flexibility index (Phi) is 15.1. The number of rotatable bonds is 9. The van der Waals surface area contributed by atoms with Crippen LogP contribution in [-0.4, -0.2) is 154 Å². The number of esters is 1. The molecule has 19 atom stereocenters. The maximum absolute atomic E-state index is 14.5. The average Bonchev–Trinajstić information content (AvgIpc) is 3.72. The van der Waals surface area contributed by atoms with Gasteiger partial charge >= 0.3 is 65.1 Å². The van der Waals surface area contributed by atoms with Gasteiger partial charge in [0.15, 0.2) is 18.2 Å². The normalized spacial score (nSPS) is 50.1. The van der Waals surface area contributed by atoms with Crippen LogP contribution in [0.25, 0.3) is 0 Å². The number of cyclic esters (lactones) is 1. The predicted molar refractivity (Wildman–Crippen MR) is 210 cm³/mol. The van der Waals surface area contributed by atoms with Crippen LogP contribution < -0.4 is 59.1 Å². The van der Waals surface area contributed by atoms with Crippen molar-refractivity contribution in [3.8, 4) is 0 Å². The Balaban J connectivity index is 0.00000350. The minimum absolute atomic E-state index is 0. The van der Waals surface area contributed by atoms with Crippen molar-refractivity contribution < 1.29 is 152 Å². The minimum Gasteiger partial charge on any atom is -0.726 e. The molecular formula is C41H62Na2O20S2. The SMILES string of the molecule is C[C@H]1O[C@@H](O[C@H]2[C@H](O[C@H]3CC[C@]4(C)C5=C[C@H](O)[C@]67C(=O)O[C@@](C)([C@H]8CCC(C)(C)O8)[C@@]6(O)CC[C@@]7(C)[C@@H]5CC[C@H]4C3(C)C)OC[C@@H](OS(=O)(=O)[O-])[C@@H]2O)[C@H](O)[C@@H](O)[C@@H]1OS(=O)(=O)[O-].[Na+].[Na+].